The summed E-state index contributed by atoms with van der Waals surface area (Å²) in [5, 5.41) is 0. The fourth-order valence-corrected chi connectivity index (χ4v) is 10.1. The average Bonchev–Trinajstić information content (AvgIpc) is 3.47. The minimum absolute atomic E-state index is 0.0901. The highest BCUT2D eigenvalue weighted by Gasteiger charge is 2.19. The van der Waals surface area contributed by atoms with Crippen molar-refractivity contribution in [1.29, 1.82) is 0 Å². The average molecular weight is 1130 g/mol. The largest absolute Gasteiger partial charge is 0.462 e. The van der Waals surface area contributed by atoms with Crippen LogP contribution in [0.15, 0.2) is 85.1 Å². The highest BCUT2D eigenvalue weighted by molar-refractivity contribution is 5.71. The first-order valence-corrected chi connectivity index (χ1v) is 35.1. The summed E-state index contributed by atoms with van der Waals surface area (Å²) in [5.41, 5.74) is 0. The molecule has 6 nitrogen and oxygen atoms in total. The number of esters is 3. The number of carbonyl (C=O) groups excluding carboxylic acids is 3. The van der Waals surface area contributed by atoms with E-state index >= 15 is 0 Å². The van der Waals surface area contributed by atoms with Gasteiger partial charge in [0.2, 0.25) is 0 Å². The van der Waals surface area contributed by atoms with Crippen LogP contribution in [0.2, 0.25) is 0 Å². The summed E-state index contributed by atoms with van der Waals surface area (Å²) in [5.74, 6) is -0.919. The predicted octanol–water partition coefficient (Wildman–Crippen LogP) is 24.2. The molecule has 0 aromatic carbocycles. The number of carbonyl (C=O) groups is 3. The Balaban J connectivity index is 4.14. The Kier molecular flexibility index (Phi) is 66.2. The van der Waals surface area contributed by atoms with Gasteiger partial charge in [-0.25, -0.2) is 0 Å². The van der Waals surface area contributed by atoms with Gasteiger partial charge in [-0.05, 0) is 109 Å². The van der Waals surface area contributed by atoms with E-state index in [9.17, 15) is 14.4 Å². The maximum atomic E-state index is 12.9. The van der Waals surface area contributed by atoms with Gasteiger partial charge in [0.15, 0.2) is 6.10 Å². The van der Waals surface area contributed by atoms with Gasteiger partial charge >= 0.3 is 17.9 Å². The highest BCUT2D eigenvalue weighted by atomic mass is 16.6. The minimum atomic E-state index is -0.797. The molecule has 6 heteroatoms. The Morgan fingerprint density at radius 3 is 0.815 bits per heavy atom. The minimum Gasteiger partial charge on any atom is -0.462 e. The summed E-state index contributed by atoms with van der Waals surface area (Å²) >= 11 is 0. The number of allylic oxidation sites excluding steroid dienone is 14. The molecule has 0 spiro atoms. The molecule has 0 aliphatic heterocycles. The van der Waals surface area contributed by atoms with Crippen LogP contribution in [0, 0.1) is 0 Å². The summed E-state index contributed by atoms with van der Waals surface area (Å²) in [4.78, 5) is 38.3. The van der Waals surface area contributed by atoms with Gasteiger partial charge in [-0.2, -0.15) is 0 Å². The lowest BCUT2D eigenvalue weighted by Gasteiger charge is -2.18. The Morgan fingerprint density at radius 1 is 0.259 bits per heavy atom. The van der Waals surface area contributed by atoms with Gasteiger partial charge in [0.25, 0.3) is 0 Å². The first-order chi connectivity index (χ1) is 40.0. The van der Waals surface area contributed by atoms with Crippen molar-refractivity contribution in [2.75, 3.05) is 13.2 Å². The number of hydrogen-bond acceptors (Lipinski definition) is 6. The van der Waals surface area contributed by atoms with E-state index in [-0.39, 0.29) is 37.5 Å². The topological polar surface area (TPSA) is 78.9 Å². The molecule has 0 N–H and O–H groups in total. The molecule has 0 aliphatic rings. The van der Waals surface area contributed by atoms with Crippen molar-refractivity contribution < 1.29 is 28.6 Å². The number of ether oxygens (including phenoxy) is 3. The highest BCUT2D eigenvalue weighted by Crippen LogP contribution is 2.18. The van der Waals surface area contributed by atoms with Crippen LogP contribution in [-0.4, -0.2) is 37.2 Å². The quantitative estimate of drug-likeness (QED) is 0.0261. The van der Waals surface area contributed by atoms with Crippen LogP contribution in [0.5, 0.6) is 0 Å². The summed E-state index contributed by atoms with van der Waals surface area (Å²) in [6.45, 7) is 6.49. The van der Waals surface area contributed by atoms with Crippen molar-refractivity contribution in [2.45, 2.75) is 361 Å². The van der Waals surface area contributed by atoms with Gasteiger partial charge in [0, 0.05) is 19.3 Å². The summed E-state index contributed by atoms with van der Waals surface area (Å²) in [6.07, 6.45) is 92.1. The first kappa shape index (κ1) is 77.6. The van der Waals surface area contributed by atoms with Crippen molar-refractivity contribution in [2.24, 2.45) is 0 Å². The van der Waals surface area contributed by atoms with Gasteiger partial charge in [-0.15, -0.1) is 0 Å². The second kappa shape index (κ2) is 69.1. The van der Waals surface area contributed by atoms with Crippen LogP contribution in [0.4, 0.5) is 0 Å². The smallest absolute Gasteiger partial charge is 0.306 e. The number of hydrogen-bond donors (Lipinski definition) is 0. The van der Waals surface area contributed by atoms with Gasteiger partial charge < -0.3 is 14.2 Å². The van der Waals surface area contributed by atoms with Gasteiger partial charge in [-0.1, -0.05) is 311 Å². The Labute approximate surface area is 503 Å². The molecule has 1 unspecified atom stereocenters. The van der Waals surface area contributed by atoms with Crippen LogP contribution in [-0.2, 0) is 28.6 Å². The molecule has 0 saturated carbocycles. The molecule has 0 amide bonds. The van der Waals surface area contributed by atoms with Gasteiger partial charge in [0.1, 0.15) is 13.2 Å². The molecule has 0 heterocycles. The maximum Gasteiger partial charge on any atom is 0.306 e. The molecule has 1 atom stereocenters. The molecular weight excluding hydrogens is 997 g/mol. The SMILES string of the molecule is CC/C=C\C/C=C\C/C=C\C/C=C\C/C=C\CCCCCC(=O)OC(COC(=O)CCCCCCC/C=C\CCCC)COC(=O)CCCCCCCCCCCCCCCCCCCCCCC/C=C\CCCCCCCCCC. The molecule has 0 bridgehead atoms. The zero-order valence-electron chi connectivity index (χ0n) is 53.8. The van der Waals surface area contributed by atoms with E-state index < -0.39 is 6.10 Å². The molecule has 0 aliphatic carbocycles. The Morgan fingerprint density at radius 2 is 0.494 bits per heavy atom. The van der Waals surface area contributed by atoms with Crippen LogP contribution >= 0.6 is 0 Å². The zero-order valence-corrected chi connectivity index (χ0v) is 53.8. The summed E-state index contributed by atoms with van der Waals surface area (Å²) in [6, 6.07) is 0. The second-order valence-electron chi connectivity index (χ2n) is 23.4. The van der Waals surface area contributed by atoms with Gasteiger partial charge in [0.05, 0.1) is 0 Å². The molecule has 0 aromatic heterocycles. The lowest BCUT2D eigenvalue weighted by atomic mass is 10.0. The zero-order chi connectivity index (χ0) is 58.5. The summed E-state index contributed by atoms with van der Waals surface area (Å²) in [7, 11) is 0. The number of rotatable bonds is 64. The second-order valence-corrected chi connectivity index (χ2v) is 23.4. The monoisotopic (exact) mass is 1130 g/mol. The molecule has 0 saturated heterocycles. The van der Waals surface area contributed by atoms with E-state index in [0.717, 1.165) is 103 Å². The molecule has 0 radical (unpaired) electrons. The maximum absolute atomic E-state index is 12.9. The van der Waals surface area contributed by atoms with Crippen molar-refractivity contribution in [1.82, 2.24) is 0 Å². The van der Waals surface area contributed by atoms with E-state index in [0.29, 0.717) is 12.8 Å². The fourth-order valence-electron chi connectivity index (χ4n) is 10.1. The van der Waals surface area contributed by atoms with Crippen molar-refractivity contribution in [3.05, 3.63) is 85.1 Å². The number of unbranched alkanes of at least 4 members (excludes halogenated alkanes) is 39. The normalized spacial score (nSPS) is 12.6. The van der Waals surface area contributed by atoms with Crippen molar-refractivity contribution in [3.8, 4) is 0 Å². The van der Waals surface area contributed by atoms with E-state index in [4.69, 9.17) is 14.2 Å². The third-order valence-corrected chi connectivity index (χ3v) is 15.4. The third-order valence-electron chi connectivity index (χ3n) is 15.4. The molecule has 0 rings (SSSR count). The van der Waals surface area contributed by atoms with Crippen molar-refractivity contribution >= 4 is 17.9 Å². The fraction of sp³-hybridized carbons (Fsp3) is 0.773. The molecule has 0 aromatic rings. The lowest BCUT2D eigenvalue weighted by Crippen LogP contribution is -2.30. The van der Waals surface area contributed by atoms with Crippen LogP contribution in [0.1, 0.15) is 355 Å². The van der Waals surface area contributed by atoms with Gasteiger partial charge in [-0.3, -0.25) is 14.4 Å². The molecular formula is C75H132O6. The third kappa shape index (κ3) is 67.3. The Hall–Kier alpha value is -3.41. The summed E-state index contributed by atoms with van der Waals surface area (Å²) < 4.78 is 16.9. The van der Waals surface area contributed by atoms with E-state index in [2.05, 4.69) is 106 Å². The standard InChI is InChI=1S/C75H132O6/c1-4-7-10-13-16-19-22-24-26-28-30-31-32-33-34-35-36-37-38-39-40-41-42-43-45-46-48-50-53-56-59-62-65-68-74(77)80-71-72(70-79-73(76)67-64-61-58-55-52-21-18-15-12-9-6-3)81-75(78)69-66-63-60-57-54-51-49-47-44-29-27-25-23-20-17-14-11-8-5-2/h8,11,15,17-18,20,25,27-28,30,44,47,51,54,72H,4-7,9-10,12-14,16,19,21-24,26,29,31-43,45-46,48-50,52-53,55-71H2,1-3H3/b11-8-,18-15-,20-17-,27-25-,30-28-,47-44-,54-51-. The first-order valence-electron chi connectivity index (χ1n) is 35.1. The van der Waals surface area contributed by atoms with E-state index in [1.165, 1.54) is 212 Å². The molecule has 81 heavy (non-hydrogen) atoms. The van der Waals surface area contributed by atoms with Crippen LogP contribution in [0.3, 0.4) is 0 Å². The van der Waals surface area contributed by atoms with Crippen LogP contribution < -0.4 is 0 Å². The van der Waals surface area contributed by atoms with E-state index in [1.54, 1.807) is 0 Å². The lowest BCUT2D eigenvalue weighted by molar-refractivity contribution is -0.167. The molecule has 0 fully saturated rings. The van der Waals surface area contributed by atoms with E-state index in [1.807, 2.05) is 0 Å². The predicted molar refractivity (Wildman–Crippen MR) is 353 cm³/mol. The Bertz CT molecular complexity index is 1530. The molecule has 468 valence electrons. The van der Waals surface area contributed by atoms with Crippen molar-refractivity contribution in [3.63, 3.8) is 0 Å². The van der Waals surface area contributed by atoms with Crippen LogP contribution in [0.25, 0.3) is 0 Å².